The molecule has 1 aromatic heterocycles. The van der Waals surface area contributed by atoms with Gasteiger partial charge in [0.25, 0.3) is 5.19 Å². The summed E-state index contributed by atoms with van der Waals surface area (Å²) in [6.07, 6.45) is 2.89. The zero-order valence-electron chi connectivity index (χ0n) is 9.14. The Morgan fingerprint density at radius 2 is 2.06 bits per heavy atom. The van der Waals surface area contributed by atoms with Crippen molar-refractivity contribution >= 4 is 23.3 Å². The van der Waals surface area contributed by atoms with Gasteiger partial charge in [0.1, 0.15) is 11.6 Å². The molecule has 16 heavy (non-hydrogen) atoms. The van der Waals surface area contributed by atoms with Crippen molar-refractivity contribution in [2.24, 2.45) is 0 Å². The predicted molar refractivity (Wildman–Crippen MR) is 67.6 cm³/mol. The van der Waals surface area contributed by atoms with Crippen LogP contribution in [0.25, 0.3) is 0 Å². The number of hydrogen-bond acceptors (Lipinski definition) is 5. The van der Waals surface area contributed by atoms with Crippen LogP contribution in [0.3, 0.4) is 0 Å². The van der Waals surface area contributed by atoms with Crippen molar-refractivity contribution in [2.45, 2.75) is 18.2 Å². The minimum absolute atomic E-state index is 0.605. The zero-order valence-corrected chi connectivity index (χ0v) is 10.8. The van der Waals surface area contributed by atoms with Gasteiger partial charge in [0.15, 0.2) is 0 Å². The SMILES string of the molecule is CCc1nsc(Oc2ccc(SC)cc2)n1. The van der Waals surface area contributed by atoms with Gasteiger partial charge in [-0.1, -0.05) is 6.92 Å². The molecule has 0 saturated carbocycles. The third-order valence-electron chi connectivity index (χ3n) is 2.03. The maximum absolute atomic E-state index is 5.60. The van der Waals surface area contributed by atoms with Gasteiger partial charge in [-0.15, -0.1) is 11.8 Å². The smallest absolute Gasteiger partial charge is 0.298 e. The quantitative estimate of drug-likeness (QED) is 0.779. The number of hydrogen-bond donors (Lipinski definition) is 0. The number of benzene rings is 1. The fraction of sp³-hybridized carbons (Fsp3) is 0.273. The van der Waals surface area contributed by atoms with Crippen molar-refractivity contribution in [3.8, 4) is 10.9 Å². The molecular weight excluding hydrogens is 240 g/mol. The van der Waals surface area contributed by atoms with Crippen LogP contribution in [0.4, 0.5) is 0 Å². The molecule has 0 aliphatic heterocycles. The van der Waals surface area contributed by atoms with E-state index in [4.69, 9.17) is 4.74 Å². The fourth-order valence-corrected chi connectivity index (χ4v) is 2.21. The first-order chi connectivity index (χ1) is 7.81. The highest BCUT2D eigenvalue weighted by atomic mass is 32.2. The van der Waals surface area contributed by atoms with E-state index in [1.807, 2.05) is 37.4 Å². The maximum atomic E-state index is 5.60. The van der Waals surface area contributed by atoms with E-state index >= 15 is 0 Å². The van der Waals surface area contributed by atoms with Gasteiger partial charge in [0.05, 0.1) is 0 Å². The van der Waals surface area contributed by atoms with Gasteiger partial charge in [-0.25, -0.2) is 0 Å². The second-order valence-corrected chi connectivity index (χ2v) is 4.70. The Morgan fingerprint density at radius 1 is 1.31 bits per heavy atom. The molecule has 0 fully saturated rings. The van der Waals surface area contributed by atoms with Gasteiger partial charge < -0.3 is 4.74 Å². The Kier molecular flexibility index (Phi) is 3.79. The standard InChI is InChI=1S/C11H12N2OS2/c1-3-10-12-11(16-13-10)14-8-4-6-9(15-2)7-5-8/h4-7H,3H2,1-2H3. The summed E-state index contributed by atoms with van der Waals surface area (Å²) in [6, 6.07) is 7.95. The Morgan fingerprint density at radius 3 is 2.62 bits per heavy atom. The fourth-order valence-electron chi connectivity index (χ4n) is 1.17. The molecule has 0 saturated heterocycles. The molecule has 0 atom stereocenters. The number of aromatic nitrogens is 2. The van der Waals surface area contributed by atoms with Gasteiger partial charge in [0, 0.05) is 22.8 Å². The summed E-state index contributed by atoms with van der Waals surface area (Å²) in [6.45, 7) is 2.03. The van der Waals surface area contributed by atoms with Crippen LogP contribution in [0.15, 0.2) is 29.2 Å². The second-order valence-electron chi connectivity index (χ2n) is 3.11. The molecule has 3 nitrogen and oxygen atoms in total. The van der Waals surface area contributed by atoms with E-state index in [0.29, 0.717) is 5.19 Å². The molecule has 0 spiro atoms. The van der Waals surface area contributed by atoms with Crippen LogP contribution in [0.5, 0.6) is 10.9 Å². The summed E-state index contributed by atoms with van der Waals surface area (Å²) >= 11 is 3.00. The molecule has 1 heterocycles. The first-order valence-corrected chi connectivity index (χ1v) is 6.96. The van der Waals surface area contributed by atoms with Gasteiger partial charge in [0.2, 0.25) is 0 Å². The number of nitrogens with zero attached hydrogens (tertiary/aromatic N) is 2. The topological polar surface area (TPSA) is 35.0 Å². The third-order valence-corrected chi connectivity index (χ3v) is 3.41. The molecule has 0 radical (unpaired) electrons. The summed E-state index contributed by atoms with van der Waals surface area (Å²) in [5, 5.41) is 0.605. The van der Waals surface area contributed by atoms with Crippen molar-refractivity contribution in [3.63, 3.8) is 0 Å². The molecule has 0 bridgehead atoms. The highest BCUT2D eigenvalue weighted by molar-refractivity contribution is 7.98. The third kappa shape index (κ3) is 2.74. The van der Waals surface area contributed by atoms with E-state index in [9.17, 15) is 0 Å². The van der Waals surface area contributed by atoms with Crippen molar-refractivity contribution in [1.29, 1.82) is 0 Å². The lowest BCUT2D eigenvalue weighted by molar-refractivity contribution is 0.477. The molecule has 0 aliphatic carbocycles. The highest BCUT2D eigenvalue weighted by Crippen LogP contribution is 2.25. The van der Waals surface area contributed by atoms with Crippen LogP contribution in [0, 0.1) is 0 Å². The zero-order chi connectivity index (χ0) is 11.4. The number of rotatable bonds is 4. The average Bonchev–Trinajstić information content (AvgIpc) is 2.78. The molecule has 5 heteroatoms. The lowest BCUT2D eigenvalue weighted by Crippen LogP contribution is -1.85. The summed E-state index contributed by atoms with van der Waals surface area (Å²) < 4.78 is 9.76. The van der Waals surface area contributed by atoms with Gasteiger partial charge in [-0.3, -0.25) is 0 Å². The molecule has 84 valence electrons. The van der Waals surface area contributed by atoms with Gasteiger partial charge in [-0.2, -0.15) is 9.36 Å². The van der Waals surface area contributed by atoms with Crippen molar-refractivity contribution in [2.75, 3.05) is 6.26 Å². The molecule has 0 unspecified atom stereocenters. The minimum atomic E-state index is 0.605. The van der Waals surface area contributed by atoms with Crippen molar-refractivity contribution < 1.29 is 4.74 Å². The van der Waals surface area contributed by atoms with Crippen molar-refractivity contribution in [3.05, 3.63) is 30.1 Å². The maximum Gasteiger partial charge on any atom is 0.298 e. The van der Waals surface area contributed by atoms with E-state index < -0.39 is 0 Å². The summed E-state index contributed by atoms with van der Waals surface area (Å²) in [4.78, 5) is 5.47. The van der Waals surface area contributed by atoms with E-state index in [-0.39, 0.29) is 0 Å². The monoisotopic (exact) mass is 252 g/mol. The van der Waals surface area contributed by atoms with Crippen LogP contribution in [0.2, 0.25) is 0 Å². The number of thioether (sulfide) groups is 1. The molecule has 2 rings (SSSR count). The normalized spacial score (nSPS) is 10.4. The molecular formula is C11H12N2OS2. The van der Waals surface area contributed by atoms with E-state index in [1.54, 1.807) is 11.8 Å². The molecule has 0 N–H and O–H groups in total. The van der Waals surface area contributed by atoms with Crippen LogP contribution in [0.1, 0.15) is 12.7 Å². The lowest BCUT2D eigenvalue weighted by Gasteiger charge is -2.01. The van der Waals surface area contributed by atoms with Gasteiger partial charge >= 0.3 is 0 Å². The highest BCUT2D eigenvalue weighted by Gasteiger charge is 2.04. The van der Waals surface area contributed by atoms with Gasteiger partial charge in [-0.05, 0) is 30.5 Å². The number of ether oxygens (including phenoxy) is 1. The Bertz CT molecular complexity index is 453. The van der Waals surface area contributed by atoms with Crippen LogP contribution in [-0.2, 0) is 6.42 Å². The Balaban J connectivity index is 2.08. The molecule has 0 aliphatic rings. The minimum Gasteiger partial charge on any atom is -0.430 e. The summed E-state index contributed by atoms with van der Waals surface area (Å²) in [5.74, 6) is 1.64. The van der Waals surface area contributed by atoms with Crippen LogP contribution in [-0.4, -0.2) is 15.6 Å². The van der Waals surface area contributed by atoms with Crippen molar-refractivity contribution in [1.82, 2.24) is 9.36 Å². The Hall–Kier alpha value is -1.07. The molecule has 2 aromatic rings. The van der Waals surface area contributed by atoms with Crippen LogP contribution >= 0.6 is 23.3 Å². The average molecular weight is 252 g/mol. The summed E-state index contributed by atoms with van der Waals surface area (Å²) in [5.41, 5.74) is 0. The Labute approximate surface area is 103 Å². The van der Waals surface area contributed by atoms with E-state index in [1.165, 1.54) is 16.4 Å². The molecule has 0 amide bonds. The predicted octanol–water partition coefficient (Wildman–Crippen LogP) is 3.61. The van der Waals surface area contributed by atoms with E-state index in [0.717, 1.165) is 18.0 Å². The first-order valence-electron chi connectivity index (χ1n) is 4.96. The second kappa shape index (κ2) is 5.32. The molecule has 1 aromatic carbocycles. The largest absolute Gasteiger partial charge is 0.430 e. The summed E-state index contributed by atoms with van der Waals surface area (Å²) in [7, 11) is 0. The lowest BCUT2D eigenvalue weighted by atomic mass is 10.3. The number of aryl methyl sites for hydroxylation is 1. The first kappa shape index (κ1) is 11.4. The van der Waals surface area contributed by atoms with Crippen LogP contribution < -0.4 is 4.74 Å². The van der Waals surface area contributed by atoms with E-state index in [2.05, 4.69) is 9.36 Å².